The number of halogens is 2. The molecule has 0 bridgehead atoms. The number of hydrogen-bond acceptors (Lipinski definition) is 0. The molecule has 0 amide bonds. The van der Waals surface area contributed by atoms with Gasteiger partial charge in [-0.3, -0.25) is 0 Å². The van der Waals surface area contributed by atoms with Gasteiger partial charge in [0.2, 0.25) is 0 Å². The molecule has 0 aliphatic heterocycles. The summed E-state index contributed by atoms with van der Waals surface area (Å²) in [7, 11) is 0. The second-order valence-corrected chi connectivity index (χ2v) is 5.32. The van der Waals surface area contributed by atoms with E-state index in [9.17, 15) is 0 Å². The molecule has 4 aromatic carbocycles. The molecule has 0 saturated heterocycles. The van der Waals surface area contributed by atoms with Gasteiger partial charge in [0.25, 0.3) is 0 Å². The standard InChI is InChI=1S/2C10H9.2CH3.2ClH.Ge.Zr/c2*1-8-6-9-4-2-3-5-10(9)7-8;;;;;;/h2*2-7H,1H3;2*1H3;2*1H;;/q4*-1;;;;. The summed E-state index contributed by atoms with van der Waals surface area (Å²) in [6.45, 7) is 4.25. The van der Waals surface area contributed by atoms with E-state index in [-0.39, 0.29) is 39.7 Å². The van der Waals surface area contributed by atoms with Crippen LogP contribution in [0.2, 0.25) is 0 Å². The van der Waals surface area contributed by atoms with Crippen molar-refractivity contribution in [3.8, 4) is 0 Å². The van der Waals surface area contributed by atoms with Crippen molar-refractivity contribution >= 4 is 58.5 Å². The summed E-state index contributed by atoms with van der Waals surface area (Å²) < 4.78 is 0. The van der Waals surface area contributed by atoms with Gasteiger partial charge in [0.05, 0.1) is 0 Å². The van der Waals surface area contributed by atoms with E-state index in [0.717, 1.165) is 0 Å². The summed E-state index contributed by atoms with van der Waals surface area (Å²) >= 11 is 3.64. The quantitative estimate of drug-likeness (QED) is 0.170. The topological polar surface area (TPSA) is 0 Å². The average Bonchev–Trinajstić information content (AvgIpc) is 3.10. The molecule has 0 unspecified atom stereocenters. The molecule has 0 aromatic heterocycles. The molecular formula is C22H26Cl2GeZr-4. The molecule has 0 nitrogen and oxygen atoms in total. The molecule has 140 valence electrons. The number of hydrogen-bond donors (Lipinski definition) is 0. The number of aryl methyl sites for hydroxylation is 2. The van der Waals surface area contributed by atoms with Crippen molar-refractivity contribution in [1.82, 2.24) is 0 Å². The van der Waals surface area contributed by atoms with Crippen molar-refractivity contribution < 1.29 is 21.6 Å². The van der Waals surface area contributed by atoms with Crippen LogP contribution >= 0.6 is 24.8 Å². The summed E-state index contributed by atoms with van der Waals surface area (Å²) in [5.41, 5.74) is 2.70. The minimum absolute atomic E-state index is 0. The van der Waals surface area contributed by atoms with Crippen LogP contribution in [0.15, 0.2) is 72.8 Å². The van der Waals surface area contributed by atoms with E-state index in [1.165, 1.54) is 32.7 Å². The zero-order valence-electron chi connectivity index (χ0n) is 15.7. The van der Waals surface area contributed by atoms with Crippen molar-refractivity contribution in [1.29, 1.82) is 0 Å². The van der Waals surface area contributed by atoms with Crippen LogP contribution in [0, 0.1) is 28.7 Å². The van der Waals surface area contributed by atoms with Crippen LogP contribution < -0.4 is 0 Å². The number of rotatable bonds is 0. The van der Waals surface area contributed by atoms with Gasteiger partial charge in [0.15, 0.2) is 0 Å². The molecule has 0 saturated carbocycles. The fraction of sp³-hybridized carbons (Fsp3) is 0.0909. The van der Waals surface area contributed by atoms with Gasteiger partial charge in [-0.15, -0.1) is 106 Å². The summed E-state index contributed by atoms with van der Waals surface area (Å²) in [5.74, 6) is 0. The Hall–Kier alpha value is -0.334. The van der Waals surface area contributed by atoms with Gasteiger partial charge in [-0.2, -0.15) is 12.1 Å². The number of fused-ring (bicyclic) bond motifs is 2. The predicted octanol–water partition coefficient (Wildman–Crippen LogP) is 7.10. The van der Waals surface area contributed by atoms with Gasteiger partial charge in [-0.05, 0) is 0 Å². The molecule has 4 rings (SSSR count). The Bertz CT molecular complexity index is 726. The van der Waals surface area contributed by atoms with E-state index in [4.69, 9.17) is 0 Å². The summed E-state index contributed by atoms with van der Waals surface area (Å²) in [4.78, 5) is 0. The molecule has 0 fully saturated rings. The van der Waals surface area contributed by atoms with Gasteiger partial charge < -0.3 is 14.9 Å². The normalized spacial score (nSPS) is 8.19. The Morgan fingerprint density at radius 1 is 0.654 bits per heavy atom. The summed E-state index contributed by atoms with van der Waals surface area (Å²) in [5, 5.41) is 5.39. The van der Waals surface area contributed by atoms with Gasteiger partial charge in [-0.25, -0.2) is 0 Å². The molecule has 2 radical (unpaired) electrons. The molecule has 0 aliphatic carbocycles. The van der Waals surface area contributed by atoms with Crippen LogP contribution in [0.25, 0.3) is 21.5 Å². The Kier molecular flexibility index (Phi) is 18.4. The van der Waals surface area contributed by atoms with Crippen molar-refractivity contribution in [3.63, 3.8) is 0 Å². The zero-order valence-corrected chi connectivity index (χ0v) is 21.9. The third kappa shape index (κ3) is 8.57. The van der Waals surface area contributed by atoms with Crippen LogP contribution in [0.5, 0.6) is 0 Å². The SMILES string of the molecule is Cc1cc2ccccc2[cH-]1.Cc1cc2ccccc2[cH-]1.Cl.Cl.[CH3-].[CH3-].[Ge]=[Zr]. The van der Waals surface area contributed by atoms with Crippen LogP contribution in [-0.2, 0) is 21.6 Å². The first-order valence-corrected chi connectivity index (χ1v) is 14.6. The fourth-order valence-electron chi connectivity index (χ4n) is 2.61. The average molecular weight is 525 g/mol. The first kappa shape index (κ1) is 30.4. The Balaban J connectivity index is -0.000000326. The minimum atomic E-state index is 0. The summed E-state index contributed by atoms with van der Waals surface area (Å²) in [6.07, 6.45) is 0. The van der Waals surface area contributed by atoms with Crippen molar-refractivity contribution in [2.75, 3.05) is 0 Å². The third-order valence-corrected chi connectivity index (χ3v) is 3.52. The maximum atomic E-state index is 2.20. The van der Waals surface area contributed by atoms with E-state index < -0.39 is 0 Å². The Morgan fingerprint density at radius 2 is 0.962 bits per heavy atom. The monoisotopic (exact) mass is 524 g/mol. The second-order valence-electron chi connectivity index (χ2n) is 5.32. The van der Waals surface area contributed by atoms with E-state index in [1.807, 2.05) is 0 Å². The van der Waals surface area contributed by atoms with Gasteiger partial charge in [0, 0.05) is 0 Å². The fourth-order valence-corrected chi connectivity index (χ4v) is 2.61. The Labute approximate surface area is 191 Å². The van der Waals surface area contributed by atoms with E-state index in [0.29, 0.717) is 0 Å². The summed E-state index contributed by atoms with van der Waals surface area (Å²) in [6, 6.07) is 25.7. The first-order chi connectivity index (χ1) is 10.7. The number of benzene rings is 2. The molecule has 0 spiro atoms. The molecule has 4 heteroatoms. The van der Waals surface area contributed by atoms with E-state index in [1.54, 1.807) is 21.6 Å². The van der Waals surface area contributed by atoms with Gasteiger partial charge >= 0.3 is 33.7 Å². The molecule has 0 atom stereocenters. The van der Waals surface area contributed by atoms with Crippen LogP contribution in [-0.4, -0.2) is 12.1 Å². The molecule has 0 N–H and O–H groups in total. The van der Waals surface area contributed by atoms with Crippen LogP contribution in [0.1, 0.15) is 11.1 Å². The van der Waals surface area contributed by atoms with Crippen LogP contribution in [0.4, 0.5) is 0 Å². The van der Waals surface area contributed by atoms with Gasteiger partial charge in [-0.1, -0.05) is 26.0 Å². The van der Waals surface area contributed by atoms with E-state index in [2.05, 4.69) is 98.8 Å². The third-order valence-electron chi connectivity index (χ3n) is 3.52. The van der Waals surface area contributed by atoms with Gasteiger partial charge in [0.1, 0.15) is 0 Å². The molecular weight excluding hydrogens is 499 g/mol. The predicted molar refractivity (Wildman–Crippen MR) is 122 cm³/mol. The molecule has 0 heterocycles. The van der Waals surface area contributed by atoms with Crippen molar-refractivity contribution in [3.05, 3.63) is 98.8 Å². The van der Waals surface area contributed by atoms with Crippen molar-refractivity contribution in [2.24, 2.45) is 0 Å². The first-order valence-electron chi connectivity index (χ1n) is 7.21. The molecule has 26 heavy (non-hydrogen) atoms. The van der Waals surface area contributed by atoms with E-state index >= 15 is 0 Å². The molecule has 0 aliphatic rings. The van der Waals surface area contributed by atoms with Crippen molar-refractivity contribution in [2.45, 2.75) is 13.8 Å². The maximum absolute atomic E-state index is 2.20. The Morgan fingerprint density at radius 3 is 1.27 bits per heavy atom. The second kappa shape index (κ2) is 15.7. The van der Waals surface area contributed by atoms with Crippen LogP contribution in [0.3, 0.4) is 0 Å². The molecule has 4 aromatic rings. The zero-order chi connectivity index (χ0) is 15.9.